The Bertz CT molecular complexity index is 1220. The Balaban J connectivity index is 0.000000488. The van der Waals surface area contributed by atoms with Crippen LogP contribution in [0.5, 0.6) is 0 Å². The van der Waals surface area contributed by atoms with Crippen molar-refractivity contribution >= 4 is 55.1 Å². The van der Waals surface area contributed by atoms with E-state index < -0.39 is 0 Å². The van der Waals surface area contributed by atoms with Crippen LogP contribution in [0, 0.1) is 6.92 Å². The van der Waals surface area contributed by atoms with Gasteiger partial charge in [0, 0.05) is 14.3 Å². The van der Waals surface area contributed by atoms with Gasteiger partial charge in [0.05, 0.1) is 0 Å². The first-order valence-electron chi connectivity index (χ1n) is 10.1. The number of benzene rings is 2. The topological polar surface area (TPSA) is 130 Å². The van der Waals surface area contributed by atoms with Gasteiger partial charge in [0.1, 0.15) is 0 Å². The first-order valence-corrected chi connectivity index (χ1v) is 11.8. The Labute approximate surface area is 217 Å². The molecule has 34 heavy (non-hydrogen) atoms. The van der Waals surface area contributed by atoms with Gasteiger partial charge in [-0.1, -0.05) is 36.4 Å². The summed E-state index contributed by atoms with van der Waals surface area (Å²) in [5.41, 5.74) is 3.18. The van der Waals surface area contributed by atoms with Gasteiger partial charge in [-0.15, -0.1) is 22.7 Å². The predicted molar refractivity (Wildman–Crippen MR) is 128 cm³/mol. The molecule has 2 heterocycles. The number of fused-ring (bicyclic) bond motifs is 2. The van der Waals surface area contributed by atoms with E-state index in [1.807, 2.05) is 22.7 Å². The molecule has 0 aliphatic heterocycles. The van der Waals surface area contributed by atoms with Crippen LogP contribution >= 0.6 is 22.7 Å². The van der Waals surface area contributed by atoms with Crippen molar-refractivity contribution in [3.63, 3.8) is 0 Å². The third-order valence-electron chi connectivity index (χ3n) is 5.24. The molecule has 0 atom stereocenters. The molecule has 0 bridgehead atoms. The maximum absolute atomic E-state index is 8.12. The van der Waals surface area contributed by atoms with Crippen molar-refractivity contribution in [3.8, 4) is 0 Å². The third kappa shape index (κ3) is 8.45. The number of carbonyl (C=O) groups excluding carboxylic acids is 4. The van der Waals surface area contributed by atoms with Crippen molar-refractivity contribution in [1.29, 1.82) is 0 Å². The van der Waals surface area contributed by atoms with E-state index in [0.29, 0.717) is 0 Å². The summed E-state index contributed by atoms with van der Waals surface area (Å²) in [6, 6.07) is 17.9. The molecule has 0 saturated heterocycles. The van der Waals surface area contributed by atoms with Gasteiger partial charge in [-0.3, -0.25) is 0 Å². The molecule has 4 aromatic rings. The van der Waals surface area contributed by atoms with Crippen LogP contribution in [0.3, 0.4) is 0 Å². The van der Waals surface area contributed by atoms with Gasteiger partial charge in [0.15, 0.2) is 0 Å². The summed E-state index contributed by atoms with van der Waals surface area (Å²) in [6.07, 6.45) is 6.10. The first-order chi connectivity index (χ1) is 15.1. The summed E-state index contributed by atoms with van der Waals surface area (Å²) in [6.45, 7) is 2.20. The first kappa shape index (κ1) is 31.6. The van der Waals surface area contributed by atoms with Crippen molar-refractivity contribution in [2.75, 3.05) is 0 Å². The molecule has 6 rings (SSSR count). The molecule has 0 radical (unpaired) electrons. The Morgan fingerprint density at radius 2 is 1.24 bits per heavy atom. The zero-order valence-electron chi connectivity index (χ0n) is 19.1. The molecule has 2 aromatic carbocycles. The monoisotopic (exact) mass is 492 g/mol. The van der Waals surface area contributed by atoms with Gasteiger partial charge in [0.2, 0.25) is 0 Å². The molecular weight excluding hydrogens is 467 g/mol. The zero-order chi connectivity index (χ0) is 22.2. The van der Waals surface area contributed by atoms with Crippen LogP contribution in [0.15, 0.2) is 53.9 Å². The summed E-state index contributed by atoms with van der Waals surface area (Å²) < 4.78 is 3.04. The van der Waals surface area contributed by atoms with Gasteiger partial charge in [-0.05, 0) is 83.9 Å². The summed E-state index contributed by atoms with van der Waals surface area (Å²) in [5, 5.41) is 5.05. The van der Waals surface area contributed by atoms with Crippen molar-refractivity contribution in [2.45, 2.75) is 44.4 Å². The van der Waals surface area contributed by atoms with E-state index in [4.69, 9.17) is 19.2 Å². The molecule has 2 saturated carbocycles. The molecule has 0 unspecified atom stereocenters. The maximum atomic E-state index is 8.12. The van der Waals surface area contributed by atoms with Crippen molar-refractivity contribution < 1.29 is 49.0 Å². The van der Waals surface area contributed by atoms with Crippen LogP contribution < -0.4 is 18.9 Å². The largest absolute Gasteiger partial charge is 1.00 e. The Morgan fingerprint density at radius 1 is 0.765 bits per heavy atom. The molecule has 174 valence electrons. The molecular formula is C25H25LiO6S2. The van der Waals surface area contributed by atoms with Crippen LogP contribution in [-0.4, -0.2) is 23.3 Å². The minimum Gasteiger partial charge on any atom is -0.870 e. The molecule has 2 aliphatic rings. The molecule has 0 spiro atoms. The van der Waals surface area contributed by atoms with E-state index in [-0.39, 0.29) is 42.1 Å². The summed E-state index contributed by atoms with van der Waals surface area (Å²) in [7, 11) is 0. The van der Waals surface area contributed by atoms with Crippen LogP contribution in [0.1, 0.15) is 53.5 Å². The van der Waals surface area contributed by atoms with Crippen LogP contribution in [0.4, 0.5) is 0 Å². The quantitative estimate of drug-likeness (QED) is 0.397. The zero-order valence-corrected chi connectivity index (χ0v) is 20.7. The fourth-order valence-electron chi connectivity index (χ4n) is 3.66. The average Bonchev–Trinajstić information content (AvgIpc) is 3.68. The van der Waals surface area contributed by atoms with Gasteiger partial charge in [0.25, 0.3) is 0 Å². The summed E-state index contributed by atoms with van der Waals surface area (Å²) >= 11 is 3.83. The van der Waals surface area contributed by atoms with E-state index in [1.54, 1.807) is 11.1 Å². The fourth-order valence-corrected chi connectivity index (χ4v) is 5.76. The second-order valence-electron chi connectivity index (χ2n) is 7.52. The molecule has 6 nitrogen and oxygen atoms in total. The second-order valence-corrected chi connectivity index (χ2v) is 9.70. The van der Waals surface area contributed by atoms with E-state index in [1.165, 1.54) is 50.7 Å². The number of aryl methyl sites for hydroxylation is 1. The summed E-state index contributed by atoms with van der Waals surface area (Å²) in [4.78, 5) is 33.9. The molecule has 2 aliphatic carbocycles. The second kappa shape index (κ2) is 15.5. The molecule has 2 aromatic heterocycles. The molecule has 2 fully saturated rings. The van der Waals surface area contributed by atoms with Gasteiger partial charge in [-0.25, -0.2) is 0 Å². The number of rotatable bonds is 2. The minimum atomic E-state index is 0. The van der Waals surface area contributed by atoms with E-state index >= 15 is 0 Å². The Kier molecular flexibility index (Phi) is 14.4. The smallest absolute Gasteiger partial charge is 0.870 e. The normalized spacial score (nSPS) is 12.9. The van der Waals surface area contributed by atoms with Gasteiger partial charge >= 0.3 is 31.2 Å². The molecule has 3 N–H and O–H groups in total. The van der Waals surface area contributed by atoms with E-state index in [0.717, 1.165) is 11.8 Å². The number of hydrogen-bond acceptors (Lipinski definition) is 7. The minimum absolute atomic E-state index is 0. The van der Waals surface area contributed by atoms with Crippen LogP contribution in [-0.2, 0) is 19.2 Å². The van der Waals surface area contributed by atoms with E-state index in [2.05, 4.69) is 60.8 Å². The number of thiophene rings is 2. The molecule has 9 heteroatoms. The Hall–Kier alpha value is -2.36. The molecule has 0 amide bonds. The SMILES string of the molecule is Cc1cc2cccc(C3CC3)c2s1.O.O=C=O.O=C=O.[Li+].[OH-].c1cc(C2CC2)c2sccc2c1. The van der Waals surface area contributed by atoms with Crippen molar-refractivity contribution in [2.24, 2.45) is 0 Å². The fraction of sp³-hybridized carbons (Fsp3) is 0.280. The Morgan fingerprint density at radius 3 is 1.74 bits per heavy atom. The standard InChI is InChI=1S/C12H12S.C11H10S.2CO2.Li.2H2O/c1-8-7-10-3-2-4-11(9-5-6-9)12(10)13-8;1-2-9-6-7-12-11(9)10(3-1)8-4-5-8;2*2-1-3;;;/h2-4,7,9H,5-6H2,1H3;1-3,6-8H,4-5H2;;;;2*1H2/q;;;;+1;;/p-1. The predicted octanol–water partition coefficient (Wildman–Crippen LogP) is 2.70. The number of hydrogen-bond donors (Lipinski definition) is 0. The average molecular weight is 493 g/mol. The van der Waals surface area contributed by atoms with Crippen LogP contribution in [0.25, 0.3) is 20.2 Å². The van der Waals surface area contributed by atoms with Gasteiger partial charge < -0.3 is 11.0 Å². The van der Waals surface area contributed by atoms with E-state index in [9.17, 15) is 0 Å². The third-order valence-corrected chi connectivity index (χ3v) is 7.34. The van der Waals surface area contributed by atoms with Crippen molar-refractivity contribution in [1.82, 2.24) is 0 Å². The summed E-state index contributed by atoms with van der Waals surface area (Å²) in [5.74, 6) is 1.76. The maximum Gasteiger partial charge on any atom is 1.00 e. The van der Waals surface area contributed by atoms with Crippen LogP contribution in [0.2, 0.25) is 0 Å². The van der Waals surface area contributed by atoms with Crippen molar-refractivity contribution in [3.05, 3.63) is 69.9 Å². The van der Waals surface area contributed by atoms with Gasteiger partial charge in [-0.2, -0.15) is 19.2 Å².